The number of benzene rings is 2. The van der Waals surface area contributed by atoms with Crippen molar-refractivity contribution in [2.45, 2.75) is 27.1 Å². The van der Waals surface area contributed by atoms with Gasteiger partial charge in [-0.25, -0.2) is 10.6 Å². The number of rotatable bonds is 5. The molecule has 0 aliphatic heterocycles. The minimum atomic E-state index is -0.365. The maximum atomic E-state index is 11.8. The number of nitrogens with one attached hydrogen (secondary N) is 1. The molecule has 0 aliphatic carbocycles. The molecule has 0 bridgehead atoms. The highest BCUT2D eigenvalue weighted by Gasteiger charge is 2.10. The number of amides is 2. The standard InChI is InChI=1S/C18H23N3O2/c1-13-6-4-8-15(10-13)11-23-12-16-14(2)7-5-9-17(16)20-18(22)21(3)19/h4-10H,11-12,19H2,1-3H3,(H,20,22). The van der Waals surface area contributed by atoms with Gasteiger partial charge in [-0.2, -0.15) is 0 Å². The Morgan fingerprint density at radius 2 is 1.91 bits per heavy atom. The second kappa shape index (κ2) is 7.76. The van der Waals surface area contributed by atoms with Crippen LogP contribution < -0.4 is 11.2 Å². The second-order valence-corrected chi connectivity index (χ2v) is 5.62. The number of hydrogen-bond acceptors (Lipinski definition) is 3. The lowest BCUT2D eigenvalue weighted by Gasteiger charge is -2.16. The Kier molecular flexibility index (Phi) is 5.73. The quantitative estimate of drug-likeness (QED) is 0.505. The van der Waals surface area contributed by atoms with E-state index in [1.165, 1.54) is 12.6 Å². The van der Waals surface area contributed by atoms with Crippen LogP contribution in [0.25, 0.3) is 0 Å². The molecule has 0 atom stereocenters. The van der Waals surface area contributed by atoms with Crippen LogP contribution in [0.1, 0.15) is 22.3 Å². The van der Waals surface area contributed by atoms with Gasteiger partial charge in [0.1, 0.15) is 0 Å². The van der Waals surface area contributed by atoms with Crippen molar-refractivity contribution >= 4 is 11.7 Å². The van der Waals surface area contributed by atoms with Crippen LogP contribution in [0.3, 0.4) is 0 Å². The topological polar surface area (TPSA) is 67.6 Å². The first kappa shape index (κ1) is 17.0. The van der Waals surface area contributed by atoms with E-state index in [9.17, 15) is 4.79 Å². The normalized spacial score (nSPS) is 10.4. The molecule has 0 aliphatic rings. The van der Waals surface area contributed by atoms with Crippen LogP contribution in [0.15, 0.2) is 42.5 Å². The van der Waals surface area contributed by atoms with Gasteiger partial charge in [0.15, 0.2) is 0 Å². The van der Waals surface area contributed by atoms with Crippen molar-refractivity contribution in [3.05, 3.63) is 64.7 Å². The fraction of sp³-hybridized carbons (Fsp3) is 0.278. The summed E-state index contributed by atoms with van der Waals surface area (Å²) in [6.07, 6.45) is 0. The number of nitrogens with zero attached hydrogens (tertiary/aromatic N) is 1. The van der Waals surface area contributed by atoms with Crippen LogP contribution in [0.4, 0.5) is 10.5 Å². The summed E-state index contributed by atoms with van der Waals surface area (Å²) in [7, 11) is 1.50. The SMILES string of the molecule is Cc1cccc(COCc2c(C)cccc2NC(=O)N(C)N)c1. The van der Waals surface area contributed by atoms with Crippen LogP contribution in [0.5, 0.6) is 0 Å². The number of nitrogens with two attached hydrogens (primary N) is 1. The molecule has 0 fully saturated rings. The van der Waals surface area contributed by atoms with Gasteiger partial charge in [-0.3, -0.25) is 5.01 Å². The van der Waals surface area contributed by atoms with E-state index < -0.39 is 0 Å². The average Bonchev–Trinajstić information content (AvgIpc) is 2.50. The average molecular weight is 313 g/mol. The second-order valence-electron chi connectivity index (χ2n) is 5.62. The smallest absolute Gasteiger partial charge is 0.335 e. The number of ether oxygens (including phenoxy) is 1. The molecular weight excluding hydrogens is 290 g/mol. The van der Waals surface area contributed by atoms with Gasteiger partial charge in [0.2, 0.25) is 0 Å². The minimum absolute atomic E-state index is 0.365. The predicted molar refractivity (Wildman–Crippen MR) is 91.8 cm³/mol. The van der Waals surface area contributed by atoms with Gasteiger partial charge in [-0.15, -0.1) is 0 Å². The summed E-state index contributed by atoms with van der Waals surface area (Å²) in [6, 6.07) is 13.6. The lowest BCUT2D eigenvalue weighted by molar-refractivity contribution is 0.107. The zero-order valence-corrected chi connectivity index (χ0v) is 13.8. The van der Waals surface area contributed by atoms with Crippen LogP contribution in [-0.4, -0.2) is 18.1 Å². The summed E-state index contributed by atoms with van der Waals surface area (Å²) in [5.41, 5.74) is 5.07. The third-order valence-electron chi connectivity index (χ3n) is 3.57. The predicted octanol–water partition coefficient (Wildman–Crippen LogP) is 3.36. The molecule has 3 N–H and O–H groups in total. The highest BCUT2D eigenvalue weighted by molar-refractivity contribution is 5.89. The van der Waals surface area contributed by atoms with E-state index in [2.05, 4.69) is 24.4 Å². The highest BCUT2D eigenvalue weighted by atomic mass is 16.5. The maximum absolute atomic E-state index is 11.8. The largest absolute Gasteiger partial charge is 0.372 e. The molecule has 23 heavy (non-hydrogen) atoms. The van der Waals surface area contributed by atoms with E-state index in [1.54, 1.807) is 0 Å². The van der Waals surface area contributed by atoms with Crippen molar-refractivity contribution in [2.75, 3.05) is 12.4 Å². The van der Waals surface area contributed by atoms with E-state index in [-0.39, 0.29) is 6.03 Å². The van der Waals surface area contributed by atoms with Crippen LogP contribution in [-0.2, 0) is 18.0 Å². The van der Waals surface area contributed by atoms with Crippen LogP contribution in [0, 0.1) is 13.8 Å². The number of carbonyl (C=O) groups excluding carboxylic acids is 1. The van der Waals surface area contributed by atoms with Crippen molar-refractivity contribution in [3.63, 3.8) is 0 Å². The van der Waals surface area contributed by atoms with E-state index in [4.69, 9.17) is 10.6 Å². The van der Waals surface area contributed by atoms with E-state index in [0.717, 1.165) is 27.4 Å². The molecule has 0 saturated heterocycles. The van der Waals surface area contributed by atoms with Crippen molar-refractivity contribution in [1.29, 1.82) is 0 Å². The number of aryl methyl sites for hydroxylation is 2. The lowest BCUT2D eigenvalue weighted by Crippen LogP contribution is -2.37. The highest BCUT2D eigenvalue weighted by Crippen LogP contribution is 2.21. The van der Waals surface area contributed by atoms with Gasteiger partial charge in [-0.05, 0) is 31.0 Å². The molecule has 122 valence electrons. The molecular formula is C18H23N3O2. The molecule has 5 nitrogen and oxygen atoms in total. The van der Waals surface area contributed by atoms with Gasteiger partial charge < -0.3 is 10.1 Å². The summed E-state index contributed by atoms with van der Waals surface area (Å²) in [6.45, 7) is 5.00. The first-order valence-corrected chi connectivity index (χ1v) is 7.48. The summed E-state index contributed by atoms with van der Waals surface area (Å²) in [5, 5.41) is 3.80. The van der Waals surface area contributed by atoms with Crippen LogP contribution >= 0.6 is 0 Å². The molecule has 2 amide bonds. The number of hydrazine groups is 1. The Morgan fingerprint density at radius 1 is 1.17 bits per heavy atom. The minimum Gasteiger partial charge on any atom is -0.372 e. The van der Waals surface area contributed by atoms with Gasteiger partial charge in [0.25, 0.3) is 0 Å². The Labute approximate surface area is 137 Å². The first-order valence-electron chi connectivity index (χ1n) is 7.48. The number of hydrogen-bond donors (Lipinski definition) is 2. The molecule has 0 aromatic heterocycles. The first-order chi connectivity index (χ1) is 11.0. The summed E-state index contributed by atoms with van der Waals surface area (Å²) in [4.78, 5) is 11.8. The van der Waals surface area contributed by atoms with Gasteiger partial charge in [0.05, 0.1) is 13.2 Å². The summed E-state index contributed by atoms with van der Waals surface area (Å²) >= 11 is 0. The zero-order chi connectivity index (χ0) is 16.8. The molecule has 2 rings (SSSR count). The number of carbonyl (C=O) groups is 1. The number of urea groups is 1. The number of anilines is 1. The van der Waals surface area contributed by atoms with E-state index in [0.29, 0.717) is 13.2 Å². The fourth-order valence-corrected chi connectivity index (χ4v) is 2.29. The zero-order valence-electron chi connectivity index (χ0n) is 13.8. The summed E-state index contributed by atoms with van der Waals surface area (Å²) < 4.78 is 5.83. The molecule has 2 aromatic rings. The third kappa shape index (κ3) is 4.81. The fourth-order valence-electron chi connectivity index (χ4n) is 2.29. The molecule has 2 aromatic carbocycles. The Hall–Kier alpha value is -2.37. The van der Waals surface area contributed by atoms with E-state index >= 15 is 0 Å². The Bertz CT molecular complexity index is 684. The Balaban J connectivity index is 2.05. The molecule has 0 saturated carbocycles. The molecule has 0 spiro atoms. The van der Waals surface area contributed by atoms with Gasteiger partial charge >= 0.3 is 6.03 Å². The maximum Gasteiger partial charge on any atom is 0.335 e. The monoisotopic (exact) mass is 313 g/mol. The van der Waals surface area contributed by atoms with Crippen LogP contribution in [0.2, 0.25) is 0 Å². The van der Waals surface area contributed by atoms with Gasteiger partial charge in [-0.1, -0.05) is 42.0 Å². The van der Waals surface area contributed by atoms with Gasteiger partial charge in [0, 0.05) is 18.3 Å². The molecule has 0 heterocycles. The third-order valence-corrected chi connectivity index (χ3v) is 3.57. The van der Waals surface area contributed by atoms with Crippen molar-refractivity contribution in [2.24, 2.45) is 5.84 Å². The Morgan fingerprint density at radius 3 is 2.61 bits per heavy atom. The lowest BCUT2D eigenvalue weighted by atomic mass is 10.1. The van der Waals surface area contributed by atoms with Crippen molar-refractivity contribution < 1.29 is 9.53 Å². The van der Waals surface area contributed by atoms with Crippen molar-refractivity contribution in [1.82, 2.24) is 5.01 Å². The van der Waals surface area contributed by atoms with Crippen molar-refractivity contribution in [3.8, 4) is 0 Å². The summed E-state index contributed by atoms with van der Waals surface area (Å²) in [5.74, 6) is 5.45. The van der Waals surface area contributed by atoms with E-state index in [1.807, 2.05) is 37.3 Å². The molecule has 0 unspecified atom stereocenters. The molecule has 5 heteroatoms. The molecule has 0 radical (unpaired) electrons.